The number of amides is 1. The maximum absolute atomic E-state index is 15.1. The summed E-state index contributed by atoms with van der Waals surface area (Å²) in [6.45, 7) is 8.23. The number of likely N-dealkylation sites (N-methyl/N-ethyl adjacent to an activating group) is 1. The lowest BCUT2D eigenvalue weighted by molar-refractivity contribution is -0.0257. The normalized spacial score (nSPS) is 20.5. The van der Waals surface area contributed by atoms with Crippen LogP contribution in [0.15, 0.2) is 54.7 Å². The summed E-state index contributed by atoms with van der Waals surface area (Å²) >= 11 is 0. The fraction of sp³-hybridized carbons (Fsp3) is 0.394. The van der Waals surface area contributed by atoms with E-state index in [-0.39, 0.29) is 23.9 Å². The van der Waals surface area contributed by atoms with Crippen LogP contribution in [-0.2, 0) is 10.7 Å². The highest BCUT2D eigenvalue weighted by molar-refractivity contribution is 6.04. The van der Waals surface area contributed by atoms with Crippen molar-refractivity contribution in [3.63, 3.8) is 0 Å². The summed E-state index contributed by atoms with van der Waals surface area (Å²) in [6.07, 6.45) is 1.52. The molecule has 2 saturated heterocycles. The highest BCUT2D eigenvalue weighted by atomic mass is 19.3. The van der Waals surface area contributed by atoms with Gasteiger partial charge in [-0.1, -0.05) is 24.0 Å². The Kier molecular flexibility index (Phi) is 7.95. The minimum atomic E-state index is -2.94. The molecule has 42 heavy (non-hydrogen) atoms. The number of ether oxygens (including phenoxy) is 1. The van der Waals surface area contributed by atoms with Gasteiger partial charge in [0, 0.05) is 85.9 Å². The van der Waals surface area contributed by atoms with Crippen molar-refractivity contribution in [2.75, 3.05) is 69.7 Å². The Labute approximate surface area is 245 Å². The number of hydrogen-bond acceptors (Lipinski definition) is 6. The van der Waals surface area contributed by atoms with Gasteiger partial charge in [0.05, 0.1) is 13.2 Å². The van der Waals surface area contributed by atoms with Crippen LogP contribution in [0.2, 0.25) is 0 Å². The van der Waals surface area contributed by atoms with Crippen molar-refractivity contribution in [1.29, 1.82) is 0 Å². The van der Waals surface area contributed by atoms with Crippen molar-refractivity contribution >= 4 is 17.4 Å². The molecule has 2 fully saturated rings. The molecule has 6 rings (SSSR count). The number of rotatable bonds is 4. The number of pyridine rings is 1. The zero-order valence-electron chi connectivity index (χ0n) is 24.0. The predicted octanol–water partition coefficient (Wildman–Crippen LogP) is 4.66. The molecule has 1 atom stereocenters. The standard InChI is InChI=1S/C33H35F2N5O2/c1-23-3-6-26(19-25(23)7-4-24-5-10-31(36-22-24)40-15-17-42-18-16-40)32(41)37-27-8-9-28-29(20-27)33(34,35)21-30(28)39-13-11-38(2)12-14-39/h3,5-6,8-10,19-20,22,30H,11-18,21H2,1-2H3,(H,37,41). The van der Waals surface area contributed by atoms with Crippen LogP contribution in [-0.4, -0.2) is 80.2 Å². The first-order valence-electron chi connectivity index (χ1n) is 14.4. The first-order chi connectivity index (χ1) is 20.3. The average molecular weight is 572 g/mol. The van der Waals surface area contributed by atoms with Crippen LogP contribution >= 0.6 is 0 Å². The zero-order valence-corrected chi connectivity index (χ0v) is 24.0. The highest BCUT2D eigenvalue weighted by Crippen LogP contribution is 2.50. The molecule has 1 unspecified atom stereocenters. The fourth-order valence-electron chi connectivity index (χ4n) is 5.84. The smallest absolute Gasteiger partial charge is 0.275 e. The Morgan fingerprint density at radius 3 is 2.52 bits per heavy atom. The molecule has 0 saturated carbocycles. The number of aromatic nitrogens is 1. The number of carbonyl (C=O) groups is 1. The van der Waals surface area contributed by atoms with Gasteiger partial charge in [-0.05, 0) is 61.5 Å². The highest BCUT2D eigenvalue weighted by Gasteiger charge is 2.47. The Hall–Kier alpha value is -3.84. The summed E-state index contributed by atoms with van der Waals surface area (Å²) in [6, 6.07) is 13.8. The van der Waals surface area contributed by atoms with E-state index < -0.39 is 5.92 Å². The molecule has 3 aliphatic rings. The zero-order chi connectivity index (χ0) is 29.3. The molecule has 1 aromatic heterocycles. The molecule has 1 N–H and O–H groups in total. The fourth-order valence-corrected chi connectivity index (χ4v) is 5.84. The van der Waals surface area contributed by atoms with Gasteiger partial charge >= 0.3 is 0 Å². The molecule has 1 amide bonds. The van der Waals surface area contributed by atoms with Crippen LogP contribution < -0.4 is 10.2 Å². The van der Waals surface area contributed by atoms with Gasteiger partial charge in [0.2, 0.25) is 0 Å². The minimum Gasteiger partial charge on any atom is -0.378 e. The van der Waals surface area contributed by atoms with Gasteiger partial charge in [0.25, 0.3) is 11.8 Å². The minimum absolute atomic E-state index is 0.00735. The second-order valence-electron chi connectivity index (χ2n) is 11.3. The average Bonchev–Trinajstić information content (AvgIpc) is 3.27. The lowest BCUT2D eigenvalue weighted by atomic mass is 10.0. The lowest BCUT2D eigenvalue weighted by Crippen LogP contribution is -2.45. The molecule has 2 aromatic carbocycles. The van der Waals surface area contributed by atoms with Gasteiger partial charge in [-0.3, -0.25) is 9.69 Å². The topological polar surface area (TPSA) is 60.9 Å². The first kappa shape index (κ1) is 28.3. The summed E-state index contributed by atoms with van der Waals surface area (Å²) in [5, 5.41) is 2.82. The Bertz CT molecular complexity index is 1520. The Morgan fingerprint density at radius 2 is 1.79 bits per heavy atom. The van der Waals surface area contributed by atoms with Crippen molar-refractivity contribution in [2.24, 2.45) is 0 Å². The van der Waals surface area contributed by atoms with E-state index in [0.717, 1.165) is 61.8 Å². The molecule has 0 spiro atoms. The number of anilines is 2. The maximum Gasteiger partial charge on any atom is 0.275 e. The second kappa shape index (κ2) is 11.8. The van der Waals surface area contributed by atoms with Crippen LogP contribution in [0.4, 0.5) is 20.3 Å². The number of fused-ring (bicyclic) bond motifs is 1. The van der Waals surface area contributed by atoms with Crippen molar-refractivity contribution < 1.29 is 18.3 Å². The number of nitrogens with zero attached hydrogens (tertiary/aromatic N) is 4. The quantitative estimate of drug-likeness (QED) is 0.460. The van der Waals surface area contributed by atoms with Crippen LogP contribution in [0.5, 0.6) is 0 Å². The number of alkyl halides is 2. The van der Waals surface area contributed by atoms with Crippen molar-refractivity contribution in [3.05, 3.63) is 88.1 Å². The second-order valence-corrected chi connectivity index (χ2v) is 11.3. The van der Waals surface area contributed by atoms with Gasteiger partial charge < -0.3 is 19.9 Å². The largest absolute Gasteiger partial charge is 0.378 e. The summed E-state index contributed by atoms with van der Waals surface area (Å²) in [5.74, 6) is 3.89. The van der Waals surface area contributed by atoms with E-state index in [9.17, 15) is 4.79 Å². The number of piperazine rings is 1. The third kappa shape index (κ3) is 6.02. The molecule has 7 nitrogen and oxygen atoms in total. The van der Waals surface area contributed by atoms with Gasteiger partial charge in [-0.2, -0.15) is 0 Å². The molecule has 3 heterocycles. The number of aryl methyl sites for hydroxylation is 1. The van der Waals surface area contributed by atoms with E-state index >= 15 is 8.78 Å². The molecular formula is C33H35F2N5O2. The van der Waals surface area contributed by atoms with Gasteiger partial charge in [-0.15, -0.1) is 0 Å². The van der Waals surface area contributed by atoms with Crippen LogP contribution in [0.3, 0.4) is 0 Å². The number of halogens is 2. The summed E-state index contributed by atoms with van der Waals surface area (Å²) in [4.78, 5) is 24.3. The monoisotopic (exact) mass is 571 g/mol. The molecule has 0 bridgehead atoms. The predicted molar refractivity (Wildman–Crippen MR) is 159 cm³/mol. The van der Waals surface area contributed by atoms with Crippen LogP contribution in [0.25, 0.3) is 0 Å². The van der Waals surface area contributed by atoms with Crippen LogP contribution in [0.1, 0.15) is 50.6 Å². The number of benzene rings is 2. The van der Waals surface area contributed by atoms with Gasteiger partial charge in [0.1, 0.15) is 5.82 Å². The Balaban J connectivity index is 1.15. The molecule has 3 aromatic rings. The lowest BCUT2D eigenvalue weighted by Gasteiger charge is -2.36. The third-order valence-corrected chi connectivity index (χ3v) is 8.42. The van der Waals surface area contributed by atoms with E-state index in [1.807, 2.05) is 25.1 Å². The summed E-state index contributed by atoms with van der Waals surface area (Å²) in [7, 11) is 2.05. The number of hydrogen-bond donors (Lipinski definition) is 1. The summed E-state index contributed by atoms with van der Waals surface area (Å²) < 4.78 is 35.6. The van der Waals surface area contributed by atoms with Crippen molar-refractivity contribution in [1.82, 2.24) is 14.8 Å². The number of carbonyl (C=O) groups excluding carboxylic acids is 1. The molecule has 9 heteroatoms. The van der Waals surface area contributed by atoms with Crippen molar-refractivity contribution in [2.45, 2.75) is 25.3 Å². The first-order valence-corrected chi connectivity index (χ1v) is 14.4. The number of morpholine rings is 1. The molecule has 0 radical (unpaired) electrons. The molecular weight excluding hydrogens is 536 g/mol. The van der Waals surface area contributed by atoms with E-state index in [1.165, 1.54) is 6.07 Å². The van der Waals surface area contributed by atoms with Gasteiger partial charge in [-0.25, -0.2) is 13.8 Å². The summed E-state index contributed by atoms with van der Waals surface area (Å²) in [5.41, 5.74) is 3.86. The van der Waals surface area contributed by atoms with E-state index in [1.54, 1.807) is 30.5 Å². The SMILES string of the molecule is Cc1ccc(C(=O)Nc2ccc3c(c2)C(F)(F)CC3N2CCN(C)CC2)cc1C#Cc1ccc(N2CCOCC2)nc1. The molecule has 218 valence electrons. The van der Waals surface area contributed by atoms with Gasteiger partial charge in [0.15, 0.2) is 0 Å². The van der Waals surface area contributed by atoms with Crippen molar-refractivity contribution in [3.8, 4) is 11.8 Å². The number of nitrogens with one attached hydrogen (secondary N) is 1. The molecule has 2 aliphatic heterocycles. The van der Waals surface area contributed by atoms with Crippen LogP contribution in [0, 0.1) is 18.8 Å². The maximum atomic E-state index is 15.1. The van der Waals surface area contributed by atoms with E-state index in [4.69, 9.17) is 4.74 Å². The molecule has 1 aliphatic carbocycles. The van der Waals surface area contributed by atoms with E-state index in [2.05, 4.69) is 43.9 Å². The van der Waals surface area contributed by atoms with E-state index in [0.29, 0.717) is 30.0 Å². The third-order valence-electron chi connectivity index (χ3n) is 8.42. The Morgan fingerprint density at radius 1 is 1.00 bits per heavy atom.